The molecule has 0 radical (unpaired) electrons. The maximum atomic E-state index is 11.9. The summed E-state index contributed by atoms with van der Waals surface area (Å²) in [4.78, 5) is 21.6. The Morgan fingerprint density at radius 3 is 2.42 bits per heavy atom. The van der Waals surface area contributed by atoms with Crippen LogP contribution in [0.2, 0.25) is 0 Å². The van der Waals surface area contributed by atoms with Crippen LogP contribution in [0.15, 0.2) is 54.6 Å². The van der Waals surface area contributed by atoms with E-state index in [1.54, 1.807) is 48.5 Å². The van der Waals surface area contributed by atoms with E-state index in [2.05, 4.69) is 0 Å². The third kappa shape index (κ3) is 3.48. The maximum absolute atomic E-state index is 11.9. The monoisotopic (exact) mass is 258 g/mol. The van der Waals surface area contributed by atoms with Gasteiger partial charge in [0.1, 0.15) is 11.3 Å². The molecule has 0 amide bonds. The molecule has 0 spiro atoms. The van der Waals surface area contributed by atoms with Gasteiger partial charge < -0.3 is 4.74 Å². The summed E-state index contributed by atoms with van der Waals surface area (Å²) >= 11 is 0. The van der Waals surface area contributed by atoms with Gasteiger partial charge in [-0.1, -0.05) is 30.3 Å². The molecule has 0 bridgehead atoms. The first-order valence-corrected chi connectivity index (χ1v) is 5.97. The van der Waals surface area contributed by atoms with Crippen molar-refractivity contribution in [1.29, 1.82) is 0 Å². The second-order valence-corrected chi connectivity index (χ2v) is 3.70. The number of carbonyl (C=O) groups is 1. The largest absolute Gasteiger partial charge is 0.493 e. The third-order valence-corrected chi connectivity index (χ3v) is 2.36. The zero-order valence-electron chi connectivity index (χ0n) is 10.5. The van der Waals surface area contributed by atoms with Gasteiger partial charge in [0.25, 0.3) is 0 Å². The number of carbonyl (C=O) groups excluding carboxylic acids is 1. The topological polar surface area (TPSA) is 44.8 Å². The molecule has 19 heavy (non-hydrogen) atoms. The first kappa shape index (κ1) is 13.0. The van der Waals surface area contributed by atoms with Crippen LogP contribution in [0.4, 0.5) is 0 Å². The lowest BCUT2D eigenvalue weighted by molar-refractivity contribution is -0.149. The highest BCUT2D eigenvalue weighted by atomic mass is 17.2. The van der Waals surface area contributed by atoms with Crippen molar-refractivity contribution in [2.24, 2.45) is 0 Å². The van der Waals surface area contributed by atoms with Crippen LogP contribution in [0.5, 0.6) is 11.5 Å². The molecule has 0 atom stereocenters. The predicted molar refractivity (Wildman–Crippen MR) is 70.1 cm³/mol. The van der Waals surface area contributed by atoms with Crippen molar-refractivity contribution in [1.82, 2.24) is 0 Å². The second kappa shape index (κ2) is 6.44. The zero-order chi connectivity index (χ0) is 13.5. The Balaban J connectivity index is 2.04. The van der Waals surface area contributed by atoms with Gasteiger partial charge >= 0.3 is 5.97 Å². The number of benzene rings is 2. The summed E-state index contributed by atoms with van der Waals surface area (Å²) in [5.41, 5.74) is 0.334. The summed E-state index contributed by atoms with van der Waals surface area (Å²) in [7, 11) is 0. The van der Waals surface area contributed by atoms with E-state index < -0.39 is 5.97 Å². The van der Waals surface area contributed by atoms with Crippen molar-refractivity contribution in [2.75, 3.05) is 6.61 Å². The van der Waals surface area contributed by atoms with E-state index in [0.29, 0.717) is 23.7 Å². The van der Waals surface area contributed by atoms with E-state index in [1.807, 2.05) is 13.0 Å². The molecule has 4 nitrogen and oxygen atoms in total. The van der Waals surface area contributed by atoms with Crippen LogP contribution in [-0.4, -0.2) is 12.6 Å². The van der Waals surface area contributed by atoms with Crippen LogP contribution < -0.4 is 9.62 Å². The standard InChI is InChI=1S/C15H14O4/c1-2-17-14-11-7-6-10-13(14)15(16)19-18-12-8-4-3-5-9-12/h3-11H,2H2,1H3. The average Bonchev–Trinajstić information content (AvgIpc) is 2.47. The number of ether oxygens (including phenoxy) is 1. The fourth-order valence-electron chi connectivity index (χ4n) is 1.52. The van der Waals surface area contributed by atoms with E-state index >= 15 is 0 Å². The molecule has 0 fully saturated rings. The molecule has 2 aromatic rings. The van der Waals surface area contributed by atoms with Crippen molar-refractivity contribution in [3.63, 3.8) is 0 Å². The van der Waals surface area contributed by atoms with Gasteiger partial charge in [-0.2, -0.15) is 0 Å². The fourth-order valence-corrected chi connectivity index (χ4v) is 1.52. The highest BCUT2D eigenvalue weighted by Crippen LogP contribution is 2.19. The third-order valence-electron chi connectivity index (χ3n) is 2.36. The molecule has 98 valence electrons. The summed E-state index contributed by atoms with van der Waals surface area (Å²) in [6.07, 6.45) is 0. The zero-order valence-corrected chi connectivity index (χ0v) is 10.5. The van der Waals surface area contributed by atoms with Crippen LogP contribution in [-0.2, 0) is 4.89 Å². The molecule has 2 aromatic carbocycles. The Hall–Kier alpha value is -2.49. The average molecular weight is 258 g/mol. The normalized spacial score (nSPS) is 9.74. The summed E-state index contributed by atoms with van der Waals surface area (Å²) in [5, 5.41) is 0. The SMILES string of the molecule is CCOc1ccccc1C(=O)OOc1ccccc1. The summed E-state index contributed by atoms with van der Waals surface area (Å²) in [6.45, 7) is 2.33. The molecule has 4 heteroatoms. The fraction of sp³-hybridized carbons (Fsp3) is 0.133. The summed E-state index contributed by atoms with van der Waals surface area (Å²) < 4.78 is 5.35. The van der Waals surface area contributed by atoms with Gasteiger partial charge in [0.15, 0.2) is 5.75 Å². The number of hydrogen-bond donors (Lipinski definition) is 0. The van der Waals surface area contributed by atoms with Gasteiger partial charge in [0.05, 0.1) is 6.61 Å². The minimum absolute atomic E-state index is 0.334. The van der Waals surface area contributed by atoms with Crippen molar-refractivity contribution in [3.8, 4) is 11.5 Å². The van der Waals surface area contributed by atoms with E-state index in [1.165, 1.54) is 0 Å². The molecule has 0 aliphatic carbocycles. The molecule has 0 unspecified atom stereocenters. The second-order valence-electron chi connectivity index (χ2n) is 3.70. The smallest absolute Gasteiger partial charge is 0.389 e. The molecule has 0 N–H and O–H groups in total. The van der Waals surface area contributed by atoms with Gasteiger partial charge in [-0.25, -0.2) is 9.68 Å². The van der Waals surface area contributed by atoms with Gasteiger partial charge in [0.2, 0.25) is 0 Å². The van der Waals surface area contributed by atoms with Crippen LogP contribution in [0.3, 0.4) is 0 Å². The number of para-hydroxylation sites is 2. The quantitative estimate of drug-likeness (QED) is 0.610. The van der Waals surface area contributed by atoms with Crippen LogP contribution in [0.25, 0.3) is 0 Å². The van der Waals surface area contributed by atoms with Crippen molar-refractivity contribution in [3.05, 3.63) is 60.2 Å². The molecule has 2 rings (SSSR count). The van der Waals surface area contributed by atoms with Crippen molar-refractivity contribution in [2.45, 2.75) is 6.92 Å². The molecular weight excluding hydrogens is 244 g/mol. The number of rotatable bonds is 5. The first-order chi connectivity index (χ1) is 9.31. The Morgan fingerprint density at radius 1 is 1.00 bits per heavy atom. The minimum atomic E-state index is -0.590. The van der Waals surface area contributed by atoms with Crippen molar-refractivity contribution >= 4 is 5.97 Å². The lowest BCUT2D eigenvalue weighted by Crippen LogP contribution is -2.10. The minimum Gasteiger partial charge on any atom is -0.493 e. The summed E-state index contributed by atoms with van der Waals surface area (Å²) in [5.74, 6) is 0.351. The van der Waals surface area contributed by atoms with Gasteiger partial charge in [0, 0.05) is 0 Å². The Bertz CT molecular complexity index is 537. The van der Waals surface area contributed by atoms with Gasteiger partial charge in [-0.05, 0) is 31.2 Å². The molecule has 0 aliphatic rings. The summed E-state index contributed by atoms with van der Waals surface area (Å²) in [6, 6.07) is 15.7. The van der Waals surface area contributed by atoms with Gasteiger partial charge in [-0.3, -0.25) is 4.89 Å². The molecular formula is C15H14O4. The number of hydrogen-bond acceptors (Lipinski definition) is 4. The first-order valence-electron chi connectivity index (χ1n) is 5.97. The Labute approximate surface area is 111 Å². The molecule has 0 aromatic heterocycles. The molecule has 0 aliphatic heterocycles. The van der Waals surface area contributed by atoms with E-state index in [-0.39, 0.29) is 0 Å². The maximum Gasteiger partial charge on any atom is 0.389 e. The highest BCUT2D eigenvalue weighted by molar-refractivity contribution is 5.92. The molecule has 0 heterocycles. The van der Waals surface area contributed by atoms with E-state index in [9.17, 15) is 4.79 Å². The van der Waals surface area contributed by atoms with E-state index in [0.717, 1.165) is 0 Å². The van der Waals surface area contributed by atoms with Crippen LogP contribution in [0.1, 0.15) is 17.3 Å². The van der Waals surface area contributed by atoms with Crippen molar-refractivity contribution < 1.29 is 19.3 Å². The van der Waals surface area contributed by atoms with Gasteiger partial charge in [-0.15, -0.1) is 0 Å². The molecule has 0 saturated carbocycles. The van der Waals surface area contributed by atoms with Crippen LogP contribution in [0, 0.1) is 0 Å². The Kier molecular flexibility index (Phi) is 4.39. The van der Waals surface area contributed by atoms with Crippen LogP contribution >= 0.6 is 0 Å². The lowest BCUT2D eigenvalue weighted by Gasteiger charge is -2.08. The highest BCUT2D eigenvalue weighted by Gasteiger charge is 2.15. The van der Waals surface area contributed by atoms with E-state index in [4.69, 9.17) is 14.5 Å². The molecule has 0 saturated heterocycles. The lowest BCUT2D eigenvalue weighted by atomic mass is 10.2. The predicted octanol–water partition coefficient (Wildman–Crippen LogP) is 3.24. The Morgan fingerprint density at radius 2 is 1.68 bits per heavy atom.